The second kappa shape index (κ2) is 6.93. The zero-order chi connectivity index (χ0) is 15.3. The standard InChI is InChI=1S/C15H16ClNO3S/c16-14-11-13(12-5-2-1-3-6-12)7-8-15(14)20-9-4-10-21(17,18)19/h1-3,5-8,11H,4,9-10H2,(H2,17,18,19). The third-order valence-corrected chi connectivity index (χ3v) is 4.02. The first-order valence-corrected chi connectivity index (χ1v) is 8.53. The van der Waals surface area contributed by atoms with Gasteiger partial charge in [0.2, 0.25) is 10.0 Å². The Bertz CT molecular complexity index is 702. The van der Waals surface area contributed by atoms with E-state index in [0.717, 1.165) is 11.1 Å². The Labute approximate surface area is 129 Å². The third kappa shape index (κ3) is 5.04. The number of hydrogen-bond donors (Lipinski definition) is 1. The van der Waals surface area contributed by atoms with Crippen LogP contribution >= 0.6 is 11.6 Å². The number of primary sulfonamides is 1. The summed E-state index contributed by atoms with van der Waals surface area (Å²) < 4.78 is 27.1. The Morgan fingerprint density at radius 2 is 1.76 bits per heavy atom. The lowest BCUT2D eigenvalue weighted by Gasteiger charge is -2.09. The van der Waals surface area contributed by atoms with Gasteiger partial charge in [-0.25, -0.2) is 13.6 Å². The minimum atomic E-state index is -3.44. The monoisotopic (exact) mass is 325 g/mol. The van der Waals surface area contributed by atoms with Crippen molar-refractivity contribution in [3.8, 4) is 16.9 Å². The van der Waals surface area contributed by atoms with Crippen molar-refractivity contribution in [1.82, 2.24) is 0 Å². The van der Waals surface area contributed by atoms with Crippen LogP contribution in [0.5, 0.6) is 5.75 Å². The highest BCUT2D eigenvalue weighted by molar-refractivity contribution is 7.89. The number of hydrogen-bond acceptors (Lipinski definition) is 3. The molecule has 21 heavy (non-hydrogen) atoms. The highest BCUT2D eigenvalue weighted by Crippen LogP contribution is 2.30. The first-order valence-electron chi connectivity index (χ1n) is 6.44. The van der Waals surface area contributed by atoms with Gasteiger partial charge in [-0.2, -0.15) is 0 Å². The molecule has 6 heteroatoms. The van der Waals surface area contributed by atoms with Crippen molar-refractivity contribution >= 4 is 21.6 Å². The second-order valence-corrected chi connectivity index (χ2v) is 6.72. The summed E-state index contributed by atoms with van der Waals surface area (Å²) >= 11 is 6.18. The molecule has 2 aromatic rings. The van der Waals surface area contributed by atoms with E-state index < -0.39 is 10.0 Å². The first-order chi connectivity index (χ1) is 9.96. The van der Waals surface area contributed by atoms with Crippen LogP contribution in [0.2, 0.25) is 5.02 Å². The molecule has 0 spiro atoms. The van der Waals surface area contributed by atoms with Crippen molar-refractivity contribution in [1.29, 1.82) is 0 Å². The van der Waals surface area contributed by atoms with Gasteiger partial charge in [-0.05, 0) is 29.7 Å². The predicted molar refractivity (Wildman–Crippen MR) is 85.0 cm³/mol. The third-order valence-electron chi connectivity index (χ3n) is 2.87. The van der Waals surface area contributed by atoms with Gasteiger partial charge in [0.15, 0.2) is 0 Å². The minimum absolute atomic E-state index is 0.104. The maximum atomic E-state index is 10.8. The topological polar surface area (TPSA) is 69.4 Å². The molecule has 0 saturated carbocycles. The van der Waals surface area contributed by atoms with Crippen LogP contribution in [-0.4, -0.2) is 20.8 Å². The van der Waals surface area contributed by atoms with Crippen molar-refractivity contribution in [3.05, 3.63) is 53.6 Å². The molecular weight excluding hydrogens is 310 g/mol. The Morgan fingerprint density at radius 3 is 2.38 bits per heavy atom. The summed E-state index contributed by atoms with van der Waals surface area (Å²) in [7, 11) is -3.44. The Hall–Kier alpha value is -1.56. The second-order valence-electron chi connectivity index (χ2n) is 4.58. The van der Waals surface area contributed by atoms with E-state index in [-0.39, 0.29) is 12.4 Å². The fraction of sp³-hybridized carbons (Fsp3) is 0.200. The van der Waals surface area contributed by atoms with E-state index in [4.69, 9.17) is 21.5 Å². The van der Waals surface area contributed by atoms with Crippen molar-refractivity contribution < 1.29 is 13.2 Å². The number of sulfonamides is 1. The van der Waals surface area contributed by atoms with Crippen molar-refractivity contribution in [3.63, 3.8) is 0 Å². The van der Waals surface area contributed by atoms with Gasteiger partial charge in [0.1, 0.15) is 5.75 Å². The molecule has 0 aliphatic heterocycles. The highest BCUT2D eigenvalue weighted by Gasteiger charge is 2.06. The molecule has 0 heterocycles. The molecule has 2 aromatic carbocycles. The molecule has 0 aliphatic carbocycles. The first kappa shape index (κ1) is 15.8. The highest BCUT2D eigenvalue weighted by atomic mass is 35.5. The van der Waals surface area contributed by atoms with Crippen LogP contribution in [0, 0.1) is 0 Å². The van der Waals surface area contributed by atoms with Crippen LogP contribution in [0.4, 0.5) is 0 Å². The largest absolute Gasteiger partial charge is 0.492 e. The van der Waals surface area contributed by atoms with Gasteiger partial charge < -0.3 is 4.74 Å². The molecule has 112 valence electrons. The van der Waals surface area contributed by atoms with Gasteiger partial charge in [0, 0.05) is 0 Å². The Balaban J connectivity index is 2.00. The van der Waals surface area contributed by atoms with Crippen molar-refractivity contribution in [2.24, 2.45) is 5.14 Å². The predicted octanol–water partition coefficient (Wildman–Crippen LogP) is 3.06. The van der Waals surface area contributed by atoms with E-state index in [1.54, 1.807) is 6.07 Å². The summed E-state index contributed by atoms with van der Waals surface area (Å²) in [4.78, 5) is 0. The van der Waals surface area contributed by atoms with E-state index in [1.807, 2.05) is 42.5 Å². The van der Waals surface area contributed by atoms with E-state index in [0.29, 0.717) is 17.2 Å². The number of halogens is 1. The average molecular weight is 326 g/mol. The minimum Gasteiger partial charge on any atom is -0.492 e. The summed E-state index contributed by atoms with van der Waals surface area (Å²) in [6, 6.07) is 15.4. The molecule has 2 N–H and O–H groups in total. The molecule has 0 bridgehead atoms. The van der Waals surface area contributed by atoms with E-state index in [1.165, 1.54) is 0 Å². The maximum absolute atomic E-state index is 10.8. The number of rotatable bonds is 6. The van der Waals surface area contributed by atoms with E-state index in [2.05, 4.69) is 0 Å². The molecule has 0 saturated heterocycles. The molecule has 0 aliphatic rings. The molecule has 2 rings (SSSR count). The quantitative estimate of drug-likeness (QED) is 0.830. The fourth-order valence-corrected chi connectivity index (χ4v) is 2.63. The van der Waals surface area contributed by atoms with Crippen molar-refractivity contribution in [2.75, 3.05) is 12.4 Å². The van der Waals surface area contributed by atoms with Crippen LogP contribution in [0.1, 0.15) is 6.42 Å². The van der Waals surface area contributed by atoms with Gasteiger partial charge in [0.05, 0.1) is 17.4 Å². The summed E-state index contributed by atoms with van der Waals surface area (Å²) in [6.07, 6.45) is 0.329. The van der Waals surface area contributed by atoms with Crippen LogP contribution in [0.3, 0.4) is 0 Å². The van der Waals surface area contributed by atoms with Gasteiger partial charge in [-0.1, -0.05) is 48.0 Å². The average Bonchev–Trinajstić information content (AvgIpc) is 2.45. The number of nitrogens with two attached hydrogens (primary N) is 1. The normalized spacial score (nSPS) is 11.3. The molecule has 0 radical (unpaired) electrons. The van der Waals surface area contributed by atoms with Gasteiger partial charge in [-0.3, -0.25) is 0 Å². The van der Waals surface area contributed by atoms with Crippen LogP contribution < -0.4 is 9.88 Å². The molecule has 0 aromatic heterocycles. The zero-order valence-electron chi connectivity index (χ0n) is 11.3. The molecule has 0 fully saturated rings. The molecule has 0 atom stereocenters. The summed E-state index contributed by atoms with van der Waals surface area (Å²) in [5, 5.41) is 5.41. The zero-order valence-corrected chi connectivity index (χ0v) is 12.9. The molecular formula is C15H16ClNO3S. The lowest BCUT2D eigenvalue weighted by atomic mass is 10.1. The summed E-state index contributed by atoms with van der Waals surface area (Å²) in [6.45, 7) is 0.251. The lowest BCUT2D eigenvalue weighted by Crippen LogP contribution is -2.18. The van der Waals surface area contributed by atoms with Crippen LogP contribution in [0.15, 0.2) is 48.5 Å². The van der Waals surface area contributed by atoms with Gasteiger partial charge in [-0.15, -0.1) is 0 Å². The van der Waals surface area contributed by atoms with Gasteiger partial charge >= 0.3 is 0 Å². The fourth-order valence-electron chi connectivity index (χ4n) is 1.87. The smallest absolute Gasteiger partial charge is 0.209 e. The Kier molecular flexibility index (Phi) is 5.22. The summed E-state index contributed by atoms with van der Waals surface area (Å²) in [5.74, 6) is 0.429. The van der Waals surface area contributed by atoms with Crippen LogP contribution in [-0.2, 0) is 10.0 Å². The number of benzene rings is 2. The molecule has 0 amide bonds. The molecule has 4 nitrogen and oxygen atoms in total. The molecule has 0 unspecified atom stereocenters. The SMILES string of the molecule is NS(=O)(=O)CCCOc1ccc(-c2ccccc2)cc1Cl. The Morgan fingerprint density at radius 1 is 1.05 bits per heavy atom. The lowest BCUT2D eigenvalue weighted by molar-refractivity contribution is 0.318. The van der Waals surface area contributed by atoms with E-state index in [9.17, 15) is 8.42 Å². The van der Waals surface area contributed by atoms with E-state index >= 15 is 0 Å². The summed E-state index contributed by atoms with van der Waals surface area (Å²) in [5.41, 5.74) is 2.07. The van der Waals surface area contributed by atoms with Crippen LogP contribution in [0.25, 0.3) is 11.1 Å². The maximum Gasteiger partial charge on any atom is 0.209 e. The van der Waals surface area contributed by atoms with Crippen molar-refractivity contribution in [2.45, 2.75) is 6.42 Å². The number of ether oxygens (including phenoxy) is 1. The van der Waals surface area contributed by atoms with Gasteiger partial charge in [0.25, 0.3) is 0 Å².